The highest BCUT2D eigenvalue weighted by molar-refractivity contribution is 7.99. The minimum Gasteiger partial charge on any atom is -0.481 e. The molecule has 0 aliphatic carbocycles. The van der Waals surface area contributed by atoms with Crippen LogP contribution in [0.5, 0.6) is 0 Å². The van der Waals surface area contributed by atoms with Crippen LogP contribution in [0.3, 0.4) is 0 Å². The Morgan fingerprint density at radius 2 is 2.38 bits per heavy atom. The van der Waals surface area contributed by atoms with Gasteiger partial charge in [0.25, 0.3) is 0 Å². The Morgan fingerprint density at radius 1 is 1.56 bits per heavy atom. The molecule has 2 rings (SSSR count). The molecular formula is C11H12ClNO2S. The number of thioether (sulfide) groups is 1. The van der Waals surface area contributed by atoms with E-state index in [2.05, 4.69) is 4.90 Å². The normalized spacial score (nSPS) is 14.7. The Balaban J connectivity index is 2.18. The largest absolute Gasteiger partial charge is 0.481 e. The molecule has 3 nitrogen and oxygen atoms in total. The molecule has 0 saturated heterocycles. The summed E-state index contributed by atoms with van der Waals surface area (Å²) in [5.74, 6) is 0.232. The first-order chi connectivity index (χ1) is 7.66. The minimum atomic E-state index is -0.762. The van der Waals surface area contributed by atoms with Crippen molar-refractivity contribution < 1.29 is 9.90 Å². The standard InChI is InChI=1S/C11H12ClNO2S/c12-8-1-2-10-9(7-8)13(5-6-16-10)4-3-11(14)15/h1-2,7H,3-6H2,(H,14,15). The molecule has 1 N–H and O–H groups in total. The number of carbonyl (C=O) groups is 1. The van der Waals surface area contributed by atoms with Crippen molar-refractivity contribution in [2.45, 2.75) is 11.3 Å². The van der Waals surface area contributed by atoms with Crippen molar-refractivity contribution >= 4 is 35.0 Å². The molecular weight excluding hydrogens is 246 g/mol. The van der Waals surface area contributed by atoms with Gasteiger partial charge in [0, 0.05) is 28.8 Å². The molecule has 0 saturated carbocycles. The molecule has 0 bridgehead atoms. The van der Waals surface area contributed by atoms with Crippen LogP contribution in [-0.4, -0.2) is 29.9 Å². The molecule has 0 unspecified atom stereocenters. The Hall–Kier alpha value is -0.870. The van der Waals surface area contributed by atoms with Gasteiger partial charge in [0.1, 0.15) is 0 Å². The van der Waals surface area contributed by atoms with Crippen molar-refractivity contribution in [3.05, 3.63) is 23.2 Å². The third-order valence-electron chi connectivity index (χ3n) is 2.48. The van der Waals surface area contributed by atoms with Crippen LogP contribution < -0.4 is 4.90 Å². The molecule has 1 aliphatic rings. The van der Waals surface area contributed by atoms with E-state index in [4.69, 9.17) is 16.7 Å². The summed E-state index contributed by atoms with van der Waals surface area (Å²) in [5, 5.41) is 9.38. The maximum atomic E-state index is 10.6. The molecule has 0 radical (unpaired) electrons. The Bertz CT molecular complexity index is 411. The number of hydrogen-bond donors (Lipinski definition) is 1. The van der Waals surface area contributed by atoms with Crippen LogP contribution in [-0.2, 0) is 4.79 Å². The molecule has 16 heavy (non-hydrogen) atoms. The molecule has 0 aromatic heterocycles. The summed E-state index contributed by atoms with van der Waals surface area (Å²) < 4.78 is 0. The summed E-state index contributed by atoms with van der Waals surface area (Å²) in [6, 6.07) is 5.77. The van der Waals surface area contributed by atoms with E-state index in [-0.39, 0.29) is 6.42 Å². The summed E-state index contributed by atoms with van der Waals surface area (Å²) in [6.07, 6.45) is 0.163. The first-order valence-electron chi connectivity index (χ1n) is 5.06. The van der Waals surface area contributed by atoms with Gasteiger partial charge < -0.3 is 10.0 Å². The summed E-state index contributed by atoms with van der Waals surface area (Å²) in [7, 11) is 0. The fourth-order valence-electron chi connectivity index (χ4n) is 1.71. The van der Waals surface area contributed by atoms with E-state index in [0.717, 1.165) is 18.0 Å². The molecule has 0 fully saturated rings. The third-order valence-corrected chi connectivity index (χ3v) is 3.75. The van der Waals surface area contributed by atoms with Gasteiger partial charge >= 0.3 is 5.97 Å². The number of nitrogens with zero attached hydrogens (tertiary/aromatic N) is 1. The molecule has 5 heteroatoms. The average molecular weight is 258 g/mol. The van der Waals surface area contributed by atoms with Gasteiger partial charge in [-0.2, -0.15) is 0 Å². The van der Waals surface area contributed by atoms with E-state index < -0.39 is 5.97 Å². The summed E-state index contributed by atoms with van der Waals surface area (Å²) in [4.78, 5) is 13.8. The fraction of sp³-hybridized carbons (Fsp3) is 0.364. The summed E-state index contributed by atoms with van der Waals surface area (Å²) >= 11 is 7.74. The lowest BCUT2D eigenvalue weighted by atomic mass is 10.2. The van der Waals surface area contributed by atoms with Gasteiger partial charge in [-0.1, -0.05) is 11.6 Å². The van der Waals surface area contributed by atoms with Crippen LogP contribution in [0.15, 0.2) is 23.1 Å². The van der Waals surface area contributed by atoms with Gasteiger partial charge in [-0.05, 0) is 18.2 Å². The SMILES string of the molecule is O=C(O)CCN1CCSc2ccc(Cl)cc21. The van der Waals surface area contributed by atoms with Crippen LogP contribution in [0.1, 0.15) is 6.42 Å². The molecule has 1 heterocycles. The average Bonchev–Trinajstić information content (AvgIpc) is 2.26. The van der Waals surface area contributed by atoms with Crippen molar-refractivity contribution in [3.63, 3.8) is 0 Å². The fourth-order valence-corrected chi connectivity index (χ4v) is 2.91. The monoisotopic (exact) mass is 257 g/mol. The lowest BCUT2D eigenvalue weighted by molar-refractivity contribution is -0.136. The molecule has 1 aliphatic heterocycles. The number of carboxylic acids is 1. The predicted octanol–water partition coefficient (Wildman–Crippen LogP) is 2.73. The third kappa shape index (κ3) is 2.62. The van der Waals surface area contributed by atoms with Crippen LogP contribution >= 0.6 is 23.4 Å². The smallest absolute Gasteiger partial charge is 0.305 e. The zero-order valence-corrected chi connectivity index (χ0v) is 10.2. The van der Waals surface area contributed by atoms with Crippen LogP contribution in [0, 0.1) is 0 Å². The van der Waals surface area contributed by atoms with Crippen molar-refractivity contribution in [1.82, 2.24) is 0 Å². The second-order valence-corrected chi connectivity index (χ2v) is 5.16. The number of aliphatic carboxylic acids is 1. The minimum absolute atomic E-state index is 0.163. The van der Waals surface area contributed by atoms with E-state index in [0.29, 0.717) is 11.6 Å². The second-order valence-electron chi connectivity index (χ2n) is 3.59. The first kappa shape index (κ1) is 11.6. The van der Waals surface area contributed by atoms with Gasteiger partial charge in [0.05, 0.1) is 12.1 Å². The van der Waals surface area contributed by atoms with Gasteiger partial charge in [-0.25, -0.2) is 0 Å². The number of halogens is 1. The molecule has 0 atom stereocenters. The lowest BCUT2D eigenvalue weighted by Gasteiger charge is -2.30. The Morgan fingerprint density at radius 3 is 3.12 bits per heavy atom. The van der Waals surface area contributed by atoms with Crippen molar-refractivity contribution in [3.8, 4) is 0 Å². The summed E-state index contributed by atoms with van der Waals surface area (Å²) in [6.45, 7) is 1.43. The van der Waals surface area contributed by atoms with E-state index in [1.807, 2.05) is 18.2 Å². The molecule has 0 spiro atoms. The predicted molar refractivity (Wildman–Crippen MR) is 66.6 cm³/mol. The molecule has 86 valence electrons. The Labute approximate surface area is 103 Å². The number of anilines is 1. The molecule has 1 aromatic rings. The number of benzene rings is 1. The maximum absolute atomic E-state index is 10.6. The van der Waals surface area contributed by atoms with E-state index >= 15 is 0 Å². The van der Waals surface area contributed by atoms with E-state index in [1.165, 1.54) is 4.90 Å². The van der Waals surface area contributed by atoms with Crippen molar-refractivity contribution in [2.75, 3.05) is 23.7 Å². The number of rotatable bonds is 3. The quantitative estimate of drug-likeness (QED) is 0.904. The van der Waals surface area contributed by atoms with Gasteiger partial charge in [0.2, 0.25) is 0 Å². The highest BCUT2D eigenvalue weighted by Crippen LogP contribution is 2.36. The van der Waals surface area contributed by atoms with Gasteiger partial charge in [-0.3, -0.25) is 4.79 Å². The zero-order chi connectivity index (χ0) is 11.5. The Kier molecular flexibility index (Phi) is 3.61. The van der Waals surface area contributed by atoms with E-state index in [9.17, 15) is 4.79 Å². The zero-order valence-electron chi connectivity index (χ0n) is 8.65. The van der Waals surface area contributed by atoms with Gasteiger partial charge in [0.15, 0.2) is 0 Å². The summed E-state index contributed by atoms with van der Waals surface area (Å²) in [5.41, 5.74) is 1.06. The van der Waals surface area contributed by atoms with Crippen LogP contribution in [0.25, 0.3) is 0 Å². The number of hydrogen-bond acceptors (Lipinski definition) is 3. The van der Waals surface area contributed by atoms with Gasteiger partial charge in [-0.15, -0.1) is 11.8 Å². The van der Waals surface area contributed by atoms with Crippen molar-refractivity contribution in [2.24, 2.45) is 0 Å². The maximum Gasteiger partial charge on any atom is 0.305 e. The van der Waals surface area contributed by atoms with Crippen LogP contribution in [0.4, 0.5) is 5.69 Å². The van der Waals surface area contributed by atoms with E-state index in [1.54, 1.807) is 11.8 Å². The first-order valence-corrected chi connectivity index (χ1v) is 6.42. The van der Waals surface area contributed by atoms with Crippen molar-refractivity contribution in [1.29, 1.82) is 0 Å². The highest BCUT2D eigenvalue weighted by Gasteiger charge is 2.17. The molecule has 1 aromatic carbocycles. The topological polar surface area (TPSA) is 40.5 Å². The number of carboxylic acid groups (broad SMARTS) is 1. The number of fused-ring (bicyclic) bond motifs is 1. The second kappa shape index (κ2) is 4.97. The van der Waals surface area contributed by atoms with Crippen LogP contribution in [0.2, 0.25) is 5.02 Å². The lowest BCUT2D eigenvalue weighted by Crippen LogP contribution is -2.31. The highest BCUT2D eigenvalue weighted by atomic mass is 35.5. The molecule has 0 amide bonds.